The molecule has 2 N–H and O–H groups in total. The van der Waals surface area contributed by atoms with E-state index in [9.17, 15) is 10.1 Å². The molecule has 0 aromatic carbocycles. The fourth-order valence-electron chi connectivity index (χ4n) is 2.86. The molecule has 1 aromatic rings. The molecule has 1 heterocycles. The van der Waals surface area contributed by atoms with Gasteiger partial charge in [-0.2, -0.15) is 5.10 Å². The number of rotatable bonds is 9. The average molecular weight is 338 g/mol. The van der Waals surface area contributed by atoms with Gasteiger partial charge in [0.15, 0.2) is 5.96 Å². The summed E-state index contributed by atoms with van der Waals surface area (Å²) in [6, 6.07) is 0. The second-order valence-electron chi connectivity index (χ2n) is 6.17. The quantitative estimate of drug-likeness (QED) is 0.303. The number of nitrogens with zero attached hydrogens (tertiary/aromatic N) is 4. The normalized spacial score (nSPS) is 16.5. The van der Waals surface area contributed by atoms with Gasteiger partial charge >= 0.3 is 5.69 Å². The van der Waals surface area contributed by atoms with Crippen LogP contribution in [0.25, 0.3) is 0 Å². The summed E-state index contributed by atoms with van der Waals surface area (Å²) >= 11 is 0. The third kappa shape index (κ3) is 4.92. The number of aliphatic imine (C=N–C) groups is 1. The third-order valence-electron chi connectivity index (χ3n) is 4.57. The number of guanidine groups is 1. The largest absolute Gasteiger partial charge is 0.385 e. The molecule has 9 nitrogen and oxygen atoms in total. The Labute approximate surface area is 141 Å². The Balaban J connectivity index is 1.73. The molecule has 2 rings (SSSR count). The molecule has 0 aliphatic heterocycles. The second-order valence-corrected chi connectivity index (χ2v) is 6.17. The van der Waals surface area contributed by atoms with Gasteiger partial charge in [0.05, 0.1) is 11.5 Å². The summed E-state index contributed by atoms with van der Waals surface area (Å²) in [7, 11) is 3.47. The molecule has 0 saturated heterocycles. The van der Waals surface area contributed by atoms with Crippen LogP contribution < -0.4 is 10.6 Å². The molecule has 0 radical (unpaired) electrons. The number of ether oxygens (including phenoxy) is 1. The number of nitro groups is 1. The molecule has 1 aromatic heterocycles. The predicted octanol–water partition coefficient (Wildman–Crippen LogP) is 1.16. The van der Waals surface area contributed by atoms with Gasteiger partial charge in [-0.05, 0) is 24.7 Å². The summed E-state index contributed by atoms with van der Waals surface area (Å²) in [4.78, 5) is 14.4. The second kappa shape index (κ2) is 8.62. The number of hydrogen-bond donors (Lipinski definition) is 2. The third-order valence-corrected chi connectivity index (χ3v) is 4.57. The lowest BCUT2D eigenvalue weighted by Crippen LogP contribution is -2.47. The van der Waals surface area contributed by atoms with Crippen molar-refractivity contribution in [3.8, 4) is 0 Å². The number of nitrogens with one attached hydrogen (secondary N) is 2. The molecule has 0 amide bonds. The van der Waals surface area contributed by atoms with Gasteiger partial charge < -0.3 is 15.4 Å². The summed E-state index contributed by atoms with van der Waals surface area (Å²) in [6.45, 7) is 2.78. The fraction of sp³-hybridized carbons (Fsp3) is 0.733. The zero-order valence-electron chi connectivity index (χ0n) is 14.3. The Hall–Kier alpha value is -2.16. The minimum absolute atomic E-state index is 0.00238. The van der Waals surface area contributed by atoms with Gasteiger partial charge in [-0.1, -0.05) is 6.42 Å². The average Bonchev–Trinajstić information content (AvgIpc) is 3.01. The highest BCUT2D eigenvalue weighted by Gasteiger charge is 2.36. The van der Waals surface area contributed by atoms with E-state index in [1.807, 2.05) is 0 Å². The lowest BCUT2D eigenvalue weighted by molar-refractivity contribution is -0.385. The SMILES string of the molecule is CN=C(NCCn1cc([N+](=O)[O-])cn1)NCC1(CCOC)CCC1. The maximum atomic E-state index is 10.6. The number of aromatic nitrogens is 2. The van der Waals surface area contributed by atoms with Crippen LogP contribution in [0, 0.1) is 15.5 Å². The Morgan fingerprint density at radius 2 is 2.33 bits per heavy atom. The Bertz CT molecular complexity index is 567. The lowest BCUT2D eigenvalue weighted by Gasteiger charge is -2.42. The first kappa shape index (κ1) is 18.2. The van der Waals surface area contributed by atoms with Crippen LogP contribution >= 0.6 is 0 Å². The molecule has 9 heteroatoms. The zero-order valence-corrected chi connectivity index (χ0v) is 14.3. The van der Waals surface area contributed by atoms with E-state index < -0.39 is 4.92 Å². The first-order chi connectivity index (χ1) is 11.6. The van der Waals surface area contributed by atoms with Crippen molar-refractivity contribution in [2.75, 3.05) is 33.9 Å². The zero-order chi connectivity index (χ0) is 17.4. The molecule has 0 unspecified atom stereocenters. The highest BCUT2D eigenvalue weighted by molar-refractivity contribution is 5.79. The smallest absolute Gasteiger partial charge is 0.306 e. The summed E-state index contributed by atoms with van der Waals surface area (Å²) in [5.74, 6) is 0.736. The van der Waals surface area contributed by atoms with Crippen molar-refractivity contribution in [1.82, 2.24) is 20.4 Å². The van der Waals surface area contributed by atoms with Crippen LogP contribution in [0.1, 0.15) is 25.7 Å². The first-order valence-corrected chi connectivity index (χ1v) is 8.19. The molecule has 1 aliphatic rings. The van der Waals surface area contributed by atoms with E-state index in [1.165, 1.54) is 31.7 Å². The van der Waals surface area contributed by atoms with Gasteiger partial charge in [0.1, 0.15) is 12.4 Å². The number of methoxy groups -OCH3 is 1. The summed E-state index contributed by atoms with van der Waals surface area (Å²) in [5, 5.41) is 21.2. The Kier molecular flexibility index (Phi) is 6.53. The predicted molar refractivity (Wildman–Crippen MR) is 91.0 cm³/mol. The maximum absolute atomic E-state index is 10.6. The molecule has 24 heavy (non-hydrogen) atoms. The van der Waals surface area contributed by atoms with Crippen LogP contribution in [-0.4, -0.2) is 54.5 Å². The van der Waals surface area contributed by atoms with Gasteiger partial charge in [-0.15, -0.1) is 0 Å². The topological polar surface area (TPSA) is 107 Å². The highest BCUT2D eigenvalue weighted by atomic mass is 16.6. The van der Waals surface area contributed by atoms with E-state index >= 15 is 0 Å². The van der Waals surface area contributed by atoms with Crippen molar-refractivity contribution >= 4 is 11.6 Å². The molecular formula is C15H26N6O3. The van der Waals surface area contributed by atoms with E-state index in [0.29, 0.717) is 18.5 Å². The fourth-order valence-corrected chi connectivity index (χ4v) is 2.86. The molecule has 1 fully saturated rings. The van der Waals surface area contributed by atoms with Crippen molar-refractivity contribution in [2.24, 2.45) is 10.4 Å². The molecule has 134 valence electrons. The van der Waals surface area contributed by atoms with Crippen LogP contribution in [0.5, 0.6) is 0 Å². The summed E-state index contributed by atoms with van der Waals surface area (Å²) < 4.78 is 6.75. The summed E-state index contributed by atoms with van der Waals surface area (Å²) in [5.41, 5.74) is 0.318. The van der Waals surface area contributed by atoms with Gasteiger partial charge in [0.2, 0.25) is 0 Å². The highest BCUT2D eigenvalue weighted by Crippen LogP contribution is 2.43. The Morgan fingerprint density at radius 1 is 1.54 bits per heavy atom. The van der Waals surface area contributed by atoms with Crippen molar-refractivity contribution in [3.63, 3.8) is 0 Å². The van der Waals surface area contributed by atoms with Crippen LogP contribution in [0.4, 0.5) is 5.69 Å². The molecular weight excluding hydrogens is 312 g/mol. The molecule has 0 atom stereocenters. The van der Waals surface area contributed by atoms with E-state index in [0.717, 1.165) is 25.5 Å². The van der Waals surface area contributed by atoms with E-state index in [2.05, 4.69) is 20.7 Å². The number of hydrogen-bond acceptors (Lipinski definition) is 5. The lowest BCUT2D eigenvalue weighted by atomic mass is 9.67. The van der Waals surface area contributed by atoms with Gasteiger partial charge in [-0.3, -0.25) is 19.8 Å². The molecule has 1 saturated carbocycles. The minimum Gasteiger partial charge on any atom is -0.385 e. The molecule has 1 aliphatic carbocycles. The first-order valence-electron chi connectivity index (χ1n) is 8.19. The van der Waals surface area contributed by atoms with Crippen molar-refractivity contribution < 1.29 is 9.66 Å². The van der Waals surface area contributed by atoms with Gasteiger partial charge in [0, 0.05) is 33.9 Å². The van der Waals surface area contributed by atoms with E-state index in [1.54, 1.807) is 18.8 Å². The van der Waals surface area contributed by atoms with Gasteiger partial charge in [0.25, 0.3) is 0 Å². The molecule has 0 bridgehead atoms. The maximum Gasteiger partial charge on any atom is 0.306 e. The van der Waals surface area contributed by atoms with Crippen molar-refractivity contribution in [1.29, 1.82) is 0 Å². The Morgan fingerprint density at radius 3 is 2.88 bits per heavy atom. The van der Waals surface area contributed by atoms with Gasteiger partial charge in [-0.25, -0.2) is 0 Å². The molecule has 0 spiro atoms. The van der Waals surface area contributed by atoms with Crippen LogP contribution in [0.2, 0.25) is 0 Å². The van der Waals surface area contributed by atoms with E-state index in [4.69, 9.17) is 4.74 Å². The van der Waals surface area contributed by atoms with E-state index in [-0.39, 0.29) is 5.69 Å². The summed E-state index contributed by atoms with van der Waals surface area (Å²) in [6.07, 6.45) is 7.45. The standard InChI is InChI=1S/C15H26N6O3/c1-16-14(18-12-15(4-3-5-15)6-9-24-2)17-7-8-20-11-13(10-19-20)21(22)23/h10-11H,3-9,12H2,1-2H3,(H2,16,17,18). The van der Waals surface area contributed by atoms with Crippen LogP contribution in [0.3, 0.4) is 0 Å². The van der Waals surface area contributed by atoms with Crippen molar-refractivity contribution in [3.05, 3.63) is 22.5 Å². The van der Waals surface area contributed by atoms with Crippen LogP contribution in [-0.2, 0) is 11.3 Å². The van der Waals surface area contributed by atoms with Crippen LogP contribution in [0.15, 0.2) is 17.4 Å². The van der Waals surface area contributed by atoms with Crippen molar-refractivity contribution in [2.45, 2.75) is 32.2 Å². The monoisotopic (exact) mass is 338 g/mol. The minimum atomic E-state index is -0.449.